The van der Waals surface area contributed by atoms with Gasteiger partial charge in [-0.1, -0.05) is 12.1 Å². The second-order valence-corrected chi connectivity index (χ2v) is 6.24. The van der Waals surface area contributed by atoms with Crippen LogP contribution < -0.4 is 14.2 Å². The molecule has 0 aliphatic carbocycles. The molecule has 7 heteroatoms. The summed E-state index contributed by atoms with van der Waals surface area (Å²) in [6.45, 7) is 0.0766. The predicted octanol–water partition coefficient (Wildman–Crippen LogP) is 2.32. The minimum Gasteiger partial charge on any atom is -0.497 e. The van der Waals surface area contributed by atoms with E-state index in [0.29, 0.717) is 5.75 Å². The van der Waals surface area contributed by atoms with Crippen LogP contribution in [0.4, 0.5) is 4.39 Å². The summed E-state index contributed by atoms with van der Waals surface area (Å²) < 4.78 is 50.2. The zero-order valence-corrected chi connectivity index (χ0v) is 13.0. The van der Waals surface area contributed by atoms with E-state index < -0.39 is 15.8 Å². The molecular weight excluding hydrogens is 309 g/mol. The zero-order valence-electron chi connectivity index (χ0n) is 12.2. The molecule has 0 atom stereocenters. The number of methoxy groups -OCH3 is 2. The third-order valence-electron chi connectivity index (χ3n) is 3.03. The average Bonchev–Trinajstić information content (AvgIpc) is 2.53. The number of sulfonamides is 1. The molecule has 2 aromatic carbocycles. The van der Waals surface area contributed by atoms with Crippen molar-refractivity contribution in [3.8, 4) is 11.5 Å². The molecule has 0 bridgehead atoms. The Labute approximate surface area is 128 Å². The fourth-order valence-electron chi connectivity index (χ4n) is 1.86. The molecule has 22 heavy (non-hydrogen) atoms. The van der Waals surface area contributed by atoms with Gasteiger partial charge in [-0.15, -0.1) is 0 Å². The largest absolute Gasteiger partial charge is 0.497 e. The average molecular weight is 325 g/mol. The van der Waals surface area contributed by atoms with E-state index in [1.807, 2.05) is 0 Å². The number of nitrogens with one attached hydrogen (secondary N) is 1. The van der Waals surface area contributed by atoms with E-state index in [0.717, 1.165) is 11.6 Å². The van der Waals surface area contributed by atoms with Crippen molar-refractivity contribution in [2.24, 2.45) is 0 Å². The lowest BCUT2D eigenvalue weighted by molar-refractivity contribution is 0.385. The van der Waals surface area contributed by atoms with Crippen LogP contribution in [0, 0.1) is 5.82 Å². The van der Waals surface area contributed by atoms with Crippen molar-refractivity contribution in [2.75, 3.05) is 14.2 Å². The quantitative estimate of drug-likeness (QED) is 0.885. The van der Waals surface area contributed by atoms with Crippen molar-refractivity contribution >= 4 is 10.0 Å². The maximum atomic E-state index is 13.6. The smallest absolute Gasteiger partial charge is 0.240 e. The van der Waals surface area contributed by atoms with Crippen LogP contribution in [0.2, 0.25) is 0 Å². The molecule has 2 rings (SSSR count). The molecule has 0 unspecified atom stereocenters. The number of hydrogen-bond acceptors (Lipinski definition) is 4. The molecule has 0 heterocycles. The van der Waals surface area contributed by atoms with Crippen molar-refractivity contribution < 1.29 is 22.3 Å². The molecule has 0 spiro atoms. The molecule has 0 aliphatic heterocycles. The Bertz CT molecular complexity index is 762. The molecule has 2 aromatic rings. The Kier molecular flexibility index (Phi) is 4.99. The Morgan fingerprint density at radius 1 is 1.09 bits per heavy atom. The Morgan fingerprint density at radius 2 is 1.86 bits per heavy atom. The van der Waals surface area contributed by atoms with Crippen LogP contribution in [0.5, 0.6) is 11.5 Å². The van der Waals surface area contributed by atoms with Crippen LogP contribution in [0.1, 0.15) is 5.56 Å². The SMILES string of the molecule is COc1cccc(CNS(=O)(=O)c2ccc(OC)c(F)c2)c1. The standard InChI is InChI=1S/C15H16FNO4S/c1-20-12-5-3-4-11(8-12)10-17-22(18,19)13-6-7-15(21-2)14(16)9-13/h3-9,17H,10H2,1-2H3. The van der Waals surface area contributed by atoms with Crippen molar-refractivity contribution in [3.63, 3.8) is 0 Å². The van der Waals surface area contributed by atoms with Crippen molar-refractivity contribution in [3.05, 3.63) is 53.8 Å². The number of ether oxygens (including phenoxy) is 2. The first-order chi connectivity index (χ1) is 10.5. The van der Waals surface area contributed by atoms with Gasteiger partial charge in [-0.2, -0.15) is 0 Å². The summed E-state index contributed by atoms with van der Waals surface area (Å²) in [5, 5.41) is 0. The van der Waals surface area contributed by atoms with Crippen molar-refractivity contribution in [2.45, 2.75) is 11.4 Å². The zero-order chi connectivity index (χ0) is 16.2. The highest BCUT2D eigenvalue weighted by molar-refractivity contribution is 7.89. The van der Waals surface area contributed by atoms with E-state index in [9.17, 15) is 12.8 Å². The van der Waals surface area contributed by atoms with Gasteiger partial charge in [0.15, 0.2) is 11.6 Å². The molecule has 0 aromatic heterocycles. The summed E-state index contributed by atoms with van der Waals surface area (Å²) in [6.07, 6.45) is 0. The summed E-state index contributed by atoms with van der Waals surface area (Å²) in [5.41, 5.74) is 0.733. The molecule has 0 saturated heterocycles. The van der Waals surface area contributed by atoms with Crippen LogP contribution >= 0.6 is 0 Å². The van der Waals surface area contributed by atoms with Gasteiger partial charge in [0.1, 0.15) is 5.75 Å². The normalized spacial score (nSPS) is 11.2. The first-order valence-electron chi connectivity index (χ1n) is 6.42. The summed E-state index contributed by atoms with van der Waals surface area (Å²) in [5.74, 6) is -0.106. The van der Waals surface area contributed by atoms with Gasteiger partial charge in [0.2, 0.25) is 10.0 Å². The number of halogens is 1. The fourth-order valence-corrected chi connectivity index (χ4v) is 2.89. The highest BCUT2D eigenvalue weighted by atomic mass is 32.2. The Morgan fingerprint density at radius 3 is 2.50 bits per heavy atom. The third kappa shape index (κ3) is 3.75. The van der Waals surface area contributed by atoms with E-state index in [-0.39, 0.29) is 17.2 Å². The van der Waals surface area contributed by atoms with E-state index in [1.165, 1.54) is 26.4 Å². The van der Waals surface area contributed by atoms with Gasteiger partial charge in [0, 0.05) is 6.54 Å². The second kappa shape index (κ2) is 6.76. The number of rotatable bonds is 6. The molecule has 118 valence electrons. The molecule has 0 amide bonds. The minimum atomic E-state index is -3.81. The van der Waals surface area contributed by atoms with Gasteiger partial charge < -0.3 is 9.47 Å². The van der Waals surface area contributed by atoms with Crippen molar-refractivity contribution in [1.82, 2.24) is 4.72 Å². The van der Waals surface area contributed by atoms with Crippen LogP contribution in [0.15, 0.2) is 47.4 Å². The van der Waals surface area contributed by atoms with Crippen LogP contribution in [0.3, 0.4) is 0 Å². The number of hydrogen-bond donors (Lipinski definition) is 1. The van der Waals surface area contributed by atoms with Gasteiger partial charge in [0.25, 0.3) is 0 Å². The van der Waals surface area contributed by atoms with Gasteiger partial charge in [-0.05, 0) is 35.9 Å². The van der Waals surface area contributed by atoms with Crippen LogP contribution in [-0.2, 0) is 16.6 Å². The van der Waals surface area contributed by atoms with Gasteiger partial charge in [-0.25, -0.2) is 17.5 Å². The first-order valence-corrected chi connectivity index (χ1v) is 7.90. The fraction of sp³-hybridized carbons (Fsp3) is 0.200. The monoisotopic (exact) mass is 325 g/mol. The lowest BCUT2D eigenvalue weighted by Gasteiger charge is -2.09. The lowest BCUT2D eigenvalue weighted by Crippen LogP contribution is -2.23. The van der Waals surface area contributed by atoms with Gasteiger partial charge >= 0.3 is 0 Å². The van der Waals surface area contributed by atoms with E-state index in [2.05, 4.69) is 4.72 Å². The number of benzene rings is 2. The van der Waals surface area contributed by atoms with E-state index in [1.54, 1.807) is 24.3 Å². The Balaban J connectivity index is 2.15. The molecule has 5 nitrogen and oxygen atoms in total. The summed E-state index contributed by atoms with van der Waals surface area (Å²) in [7, 11) is -0.968. The van der Waals surface area contributed by atoms with Crippen LogP contribution in [-0.4, -0.2) is 22.6 Å². The van der Waals surface area contributed by atoms with Gasteiger partial charge in [-0.3, -0.25) is 0 Å². The molecule has 1 N–H and O–H groups in total. The Hall–Kier alpha value is -2.12. The molecule has 0 saturated carbocycles. The highest BCUT2D eigenvalue weighted by Gasteiger charge is 2.16. The van der Waals surface area contributed by atoms with E-state index >= 15 is 0 Å². The predicted molar refractivity (Wildman–Crippen MR) is 80.0 cm³/mol. The molecular formula is C15H16FNO4S. The lowest BCUT2D eigenvalue weighted by atomic mass is 10.2. The van der Waals surface area contributed by atoms with Crippen LogP contribution in [0.25, 0.3) is 0 Å². The second-order valence-electron chi connectivity index (χ2n) is 4.47. The maximum Gasteiger partial charge on any atom is 0.240 e. The summed E-state index contributed by atoms with van der Waals surface area (Å²) >= 11 is 0. The third-order valence-corrected chi connectivity index (χ3v) is 4.43. The van der Waals surface area contributed by atoms with Gasteiger partial charge in [0.05, 0.1) is 19.1 Å². The summed E-state index contributed by atoms with van der Waals surface area (Å²) in [6, 6.07) is 10.5. The molecule has 0 radical (unpaired) electrons. The first kappa shape index (κ1) is 16.3. The minimum absolute atomic E-state index is 0.00764. The van der Waals surface area contributed by atoms with Crippen molar-refractivity contribution in [1.29, 1.82) is 0 Å². The topological polar surface area (TPSA) is 64.6 Å². The van der Waals surface area contributed by atoms with E-state index in [4.69, 9.17) is 9.47 Å². The summed E-state index contributed by atoms with van der Waals surface area (Å²) in [4.78, 5) is -0.159. The molecule has 0 fully saturated rings. The maximum absolute atomic E-state index is 13.6. The highest BCUT2D eigenvalue weighted by Crippen LogP contribution is 2.21. The molecule has 0 aliphatic rings.